The van der Waals surface area contributed by atoms with Gasteiger partial charge < -0.3 is 29.2 Å². The Kier molecular flexibility index (Phi) is 8.80. The van der Waals surface area contributed by atoms with Gasteiger partial charge in [-0.05, 0) is 48.8 Å². The zero-order valence-electron chi connectivity index (χ0n) is 21.8. The molecule has 0 aliphatic heterocycles. The second-order valence-corrected chi connectivity index (χ2v) is 8.54. The Hall–Kier alpha value is -4.73. The minimum absolute atomic E-state index is 0.0304. The first-order valence-electron chi connectivity index (χ1n) is 11.5. The summed E-state index contributed by atoms with van der Waals surface area (Å²) in [6.07, 6.45) is 6.65. The van der Waals surface area contributed by atoms with Gasteiger partial charge in [0.05, 0.1) is 39.5 Å². The van der Waals surface area contributed by atoms with Gasteiger partial charge in [-0.25, -0.2) is 9.48 Å². The molecule has 1 aliphatic carbocycles. The maximum absolute atomic E-state index is 11.4. The molecule has 1 atom stereocenters. The molecule has 10 heteroatoms. The first kappa shape index (κ1) is 27.9. The van der Waals surface area contributed by atoms with E-state index in [4.69, 9.17) is 18.9 Å². The lowest BCUT2D eigenvalue weighted by molar-refractivity contribution is -0.145. The van der Waals surface area contributed by atoms with Gasteiger partial charge in [-0.3, -0.25) is 4.79 Å². The molecule has 200 valence electrons. The van der Waals surface area contributed by atoms with Crippen molar-refractivity contribution in [3.8, 4) is 28.7 Å². The molecule has 0 saturated heterocycles. The molecule has 1 aliphatic rings. The highest BCUT2D eigenvalue weighted by molar-refractivity contribution is 5.96. The number of rotatable bonds is 8. The lowest BCUT2D eigenvalue weighted by Crippen LogP contribution is -2.29. The number of methoxy groups -OCH3 is 4. The largest absolute Gasteiger partial charge is 0.497 e. The Bertz CT molecular complexity index is 1320. The van der Waals surface area contributed by atoms with Gasteiger partial charge in [0.15, 0.2) is 11.5 Å². The number of carboxylic acid groups (broad SMARTS) is 2. The molecule has 1 unspecified atom stereocenters. The van der Waals surface area contributed by atoms with Gasteiger partial charge in [0.2, 0.25) is 5.75 Å². The predicted molar refractivity (Wildman–Crippen MR) is 140 cm³/mol. The molecule has 0 spiro atoms. The van der Waals surface area contributed by atoms with E-state index in [1.807, 2.05) is 24.4 Å². The van der Waals surface area contributed by atoms with E-state index in [1.165, 1.54) is 13.0 Å². The van der Waals surface area contributed by atoms with Gasteiger partial charge >= 0.3 is 11.9 Å². The van der Waals surface area contributed by atoms with Crippen molar-refractivity contribution in [1.82, 2.24) is 9.78 Å². The summed E-state index contributed by atoms with van der Waals surface area (Å²) in [6, 6.07) is 12.6. The van der Waals surface area contributed by atoms with Crippen molar-refractivity contribution in [2.75, 3.05) is 28.4 Å². The van der Waals surface area contributed by atoms with E-state index in [2.05, 4.69) is 5.10 Å². The summed E-state index contributed by atoms with van der Waals surface area (Å²) in [5.41, 5.74) is 1.06. The van der Waals surface area contributed by atoms with Crippen molar-refractivity contribution in [1.29, 1.82) is 0 Å². The summed E-state index contributed by atoms with van der Waals surface area (Å²) in [5, 5.41) is 22.7. The van der Waals surface area contributed by atoms with Gasteiger partial charge in [-0.1, -0.05) is 18.2 Å². The summed E-state index contributed by atoms with van der Waals surface area (Å²) in [4.78, 5) is 22.7. The van der Waals surface area contributed by atoms with Crippen LogP contribution in [0.1, 0.15) is 18.9 Å². The average Bonchev–Trinajstić information content (AvgIpc) is 3.47. The van der Waals surface area contributed by atoms with Crippen molar-refractivity contribution in [3.05, 3.63) is 78.1 Å². The van der Waals surface area contributed by atoms with Crippen molar-refractivity contribution >= 4 is 17.5 Å². The summed E-state index contributed by atoms with van der Waals surface area (Å²) >= 11 is 0. The summed E-state index contributed by atoms with van der Waals surface area (Å²) in [5.74, 6) is 0.334. The molecular formula is C28H30N2O8. The third-order valence-electron chi connectivity index (χ3n) is 5.97. The molecule has 0 saturated carbocycles. The number of aromatic nitrogens is 2. The fourth-order valence-electron chi connectivity index (χ4n) is 3.92. The van der Waals surface area contributed by atoms with Crippen LogP contribution in [0.2, 0.25) is 0 Å². The standard InChI is InChI=1S/C16H16O5.C12H14N2O3/c1-16(15(19)20)8-11(7-12(9-16)14(17)18)10-3-5-13(21-2)6-4-10;1-15-10-7-9(14-6-4-5-13-14)8-11(16-2)12(10)17-3/h3-8H,9H2,1-2H3,(H,17,18)(H,19,20);4-8H,1-3H3. The molecule has 1 aromatic heterocycles. The van der Waals surface area contributed by atoms with Crippen LogP contribution in [-0.4, -0.2) is 60.4 Å². The third-order valence-corrected chi connectivity index (χ3v) is 5.97. The van der Waals surface area contributed by atoms with Crippen molar-refractivity contribution in [2.45, 2.75) is 13.3 Å². The van der Waals surface area contributed by atoms with E-state index in [0.717, 1.165) is 11.3 Å². The Labute approximate surface area is 220 Å². The Morgan fingerprint density at radius 2 is 1.58 bits per heavy atom. The van der Waals surface area contributed by atoms with Crippen LogP contribution in [0.5, 0.6) is 23.0 Å². The van der Waals surface area contributed by atoms with Gasteiger partial charge in [0.25, 0.3) is 0 Å². The van der Waals surface area contributed by atoms with Crippen LogP contribution in [0.4, 0.5) is 0 Å². The second-order valence-electron chi connectivity index (χ2n) is 8.54. The van der Waals surface area contributed by atoms with Crippen LogP contribution in [0.3, 0.4) is 0 Å². The number of nitrogens with zero attached hydrogens (tertiary/aromatic N) is 2. The molecule has 1 heterocycles. The number of aliphatic carboxylic acids is 2. The topological polar surface area (TPSA) is 129 Å². The molecule has 10 nitrogen and oxygen atoms in total. The van der Waals surface area contributed by atoms with Gasteiger partial charge in [0.1, 0.15) is 5.75 Å². The first-order chi connectivity index (χ1) is 18.1. The minimum atomic E-state index is -1.22. The van der Waals surface area contributed by atoms with Gasteiger partial charge in [-0.2, -0.15) is 5.10 Å². The van der Waals surface area contributed by atoms with E-state index in [1.54, 1.807) is 69.7 Å². The fraction of sp³-hybridized carbons (Fsp3) is 0.250. The molecule has 0 bridgehead atoms. The van der Waals surface area contributed by atoms with E-state index in [-0.39, 0.29) is 12.0 Å². The maximum Gasteiger partial charge on any atom is 0.331 e. The number of ether oxygens (including phenoxy) is 4. The molecule has 4 rings (SSSR count). The van der Waals surface area contributed by atoms with Gasteiger partial charge in [-0.15, -0.1) is 0 Å². The lowest BCUT2D eigenvalue weighted by atomic mass is 9.76. The second kappa shape index (κ2) is 12.0. The summed E-state index contributed by atoms with van der Waals surface area (Å²) in [6.45, 7) is 1.52. The van der Waals surface area contributed by atoms with Crippen LogP contribution in [0.15, 0.2) is 72.6 Å². The number of carbonyl (C=O) groups is 2. The molecule has 38 heavy (non-hydrogen) atoms. The number of carboxylic acids is 2. The van der Waals surface area contributed by atoms with Gasteiger partial charge in [0, 0.05) is 30.1 Å². The predicted octanol–water partition coefficient (Wildman–Crippen LogP) is 4.48. The molecule has 0 amide bonds. The highest BCUT2D eigenvalue weighted by atomic mass is 16.5. The Morgan fingerprint density at radius 1 is 0.947 bits per heavy atom. The normalized spacial score (nSPS) is 16.2. The number of hydrogen-bond acceptors (Lipinski definition) is 7. The molecule has 2 N–H and O–H groups in total. The van der Waals surface area contributed by atoms with Crippen molar-refractivity contribution < 1.29 is 38.7 Å². The van der Waals surface area contributed by atoms with Crippen LogP contribution < -0.4 is 18.9 Å². The maximum atomic E-state index is 11.4. The van der Waals surface area contributed by atoms with E-state index >= 15 is 0 Å². The van der Waals surface area contributed by atoms with Crippen molar-refractivity contribution in [3.63, 3.8) is 0 Å². The highest BCUT2D eigenvalue weighted by Gasteiger charge is 2.36. The van der Waals surface area contributed by atoms with Crippen LogP contribution in [-0.2, 0) is 9.59 Å². The quantitative estimate of drug-likeness (QED) is 0.440. The van der Waals surface area contributed by atoms with E-state index in [0.29, 0.717) is 28.6 Å². The minimum Gasteiger partial charge on any atom is -0.497 e. The number of benzene rings is 2. The van der Waals surface area contributed by atoms with Crippen LogP contribution in [0.25, 0.3) is 11.3 Å². The Morgan fingerprint density at radius 3 is 2.03 bits per heavy atom. The third kappa shape index (κ3) is 6.15. The SMILES string of the molecule is COc1cc(-n2cccn2)cc(OC)c1OC.COc1ccc(C2=CC(C)(C(=O)O)CC(C(=O)O)=C2)cc1. The van der Waals surface area contributed by atoms with Crippen LogP contribution in [0, 0.1) is 5.41 Å². The van der Waals surface area contributed by atoms with Crippen LogP contribution >= 0.6 is 0 Å². The monoisotopic (exact) mass is 522 g/mol. The molecule has 0 fully saturated rings. The first-order valence-corrected chi connectivity index (χ1v) is 11.5. The Balaban J connectivity index is 0.000000215. The zero-order chi connectivity index (χ0) is 27.9. The van der Waals surface area contributed by atoms with E-state index in [9.17, 15) is 19.8 Å². The van der Waals surface area contributed by atoms with Crippen molar-refractivity contribution in [2.24, 2.45) is 5.41 Å². The average molecular weight is 523 g/mol. The molecule has 3 aromatic rings. The molecule has 0 radical (unpaired) electrons. The smallest absolute Gasteiger partial charge is 0.331 e. The summed E-state index contributed by atoms with van der Waals surface area (Å²) in [7, 11) is 6.31. The summed E-state index contributed by atoms with van der Waals surface area (Å²) < 4.78 is 22.6. The zero-order valence-corrected chi connectivity index (χ0v) is 21.8. The lowest BCUT2D eigenvalue weighted by Gasteiger charge is -2.26. The number of allylic oxidation sites excluding steroid dienone is 2. The molecule has 2 aromatic carbocycles. The highest BCUT2D eigenvalue weighted by Crippen LogP contribution is 2.39. The fourth-order valence-corrected chi connectivity index (χ4v) is 3.92. The van der Waals surface area contributed by atoms with E-state index < -0.39 is 17.4 Å². The number of hydrogen-bond donors (Lipinski definition) is 2. The molecular weight excluding hydrogens is 492 g/mol.